The Balaban J connectivity index is 2.28. The van der Waals surface area contributed by atoms with Gasteiger partial charge < -0.3 is 10.0 Å². The number of hydrogen-bond donors (Lipinski definition) is 1. The number of aliphatic hydroxyl groups is 1. The normalized spacial score (nSPS) is 24.4. The van der Waals surface area contributed by atoms with Gasteiger partial charge in [-0.2, -0.15) is 0 Å². The fourth-order valence-corrected chi connectivity index (χ4v) is 2.69. The van der Waals surface area contributed by atoms with Gasteiger partial charge in [0, 0.05) is 31.1 Å². The van der Waals surface area contributed by atoms with Crippen molar-refractivity contribution in [2.75, 3.05) is 25.0 Å². The molecule has 0 radical (unpaired) electrons. The second-order valence-electron chi connectivity index (χ2n) is 6.14. The number of piperazine rings is 1. The van der Waals surface area contributed by atoms with Gasteiger partial charge in [-0.3, -0.25) is 4.90 Å². The van der Waals surface area contributed by atoms with E-state index in [0.717, 1.165) is 30.3 Å². The van der Waals surface area contributed by atoms with Gasteiger partial charge in [-0.25, -0.2) is 9.97 Å². The van der Waals surface area contributed by atoms with Crippen LogP contribution >= 0.6 is 0 Å². The molecule has 0 aliphatic carbocycles. The Morgan fingerprint density at radius 2 is 1.90 bits per heavy atom. The Kier molecular flexibility index (Phi) is 4.60. The summed E-state index contributed by atoms with van der Waals surface area (Å²) in [6, 6.07) is 0.963. The summed E-state index contributed by atoms with van der Waals surface area (Å²) < 4.78 is 0. The summed E-state index contributed by atoms with van der Waals surface area (Å²) in [6.07, 6.45) is 1.87. The number of aliphatic hydroxyl groups excluding tert-OH is 1. The van der Waals surface area contributed by atoms with Crippen LogP contribution in [0.2, 0.25) is 0 Å². The SMILES string of the molecule is CC(C)c1ncc(N2CC(C)N(C)C(C)C2)c(CO)n1. The second-order valence-corrected chi connectivity index (χ2v) is 6.14. The first-order chi connectivity index (χ1) is 9.43. The van der Waals surface area contributed by atoms with E-state index in [1.807, 2.05) is 6.20 Å². The number of hydrogen-bond acceptors (Lipinski definition) is 5. The zero-order valence-electron chi connectivity index (χ0n) is 13.2. The van der Waals surface area contributed by atoms with Gasteiger partial charge in [0.15, 0.2) is 0 Å². The molecule has 0 spiro atoms. The standard InChI is InChI=1S/C15H26N4O/c1-10(2)15-16-6-14(13(9-20)17-15)19-7-11(3)18(5)12(4)8-19/h6,10-12,20H,7-9H2,1-5H3. The molecular formula is C15H26N4O. The van der Waals surface area contributed by atoms with Crippen LogP contribution in [-0.2, 0) is 6.61 Å². The van der Waals surface area contributed by atoms with Crippen LogP contribution in [0.4, 0.5) is 5.69 Å². The number of nitrogens with zero attached hydrogens (tertiary/aromatic N) is 4. The highest BCUT2D eigenvalue weighted by Gasteiger charge is 2.28. The van der Waals surface area contributed by atoms with E-state index in [9.17, 15) is 5.11 Å². The van der Waals surface area contributed by atoms with Gasteiger partial charge in [-0.15, -0.1) is 0 Å². The summed E-state index contributed by atoms with van der Waals surface area (Å²) in [5, 5.41) is 9.61. The molecule has 20 heavy (non-hydrogen) atoms. The van der Waals surface area contributed by atoms with Crippen molar-refractivity contribution in [3.8, 4) is 0 Å². The molecule has 0 aromatic carbocycles. The molecule has 2 unspecified atom stereocenters. The predicted molar refractivity (Wildman–Crippen MR) is 80.9 cm³/mol. The van der Waals surface area contributed by atoms with Gasteiger partial charge in [-0.05, 0) is 20.9 Å². The molecule has 2 heterocycles. The van der Waals surface area contributed by atoms with Crippen LogP contribution in [0.1, 0.15) is 45.1 Å². The molecule has 1 aromatic rings. The van der Waals surface area contributed by atoms with E-state index in [0.29, 0.717) is 12.1 Å². The van der Waals surface area contributed by atoms with Gasteiger partial charge in [0.2, 0.25) is 0 Å². The van der Waals surface area contributed by atoms with Crippen molar-refractivity contribution in [2.45, 2.75) is 52.3 Å². The van der Waals surface area contributed by atoms with Crippen molar-refractivity contribution in [1.82, 2.24) is 14.9 Å². The maximum absolute atomic E-state index is 9.61. The molecule has 0 amide bonds. The molecule has 112 valence electrons. The Morgan fingerprint density at radius 3 is 2.40 bits per heavy atom. The number of likely N-dealkylation sites (N-methyl/N-ethyl adjacent to an activating group) is 1. The summed E-state index contributed by atoms with van der Waals surface area (Å²) >= 11 is 0. The van der Waals surface area contributed by atoms with E-state index in [-0.39, 0.29) is 12.5 Å². The van der Waals surface area contributed by atoms with Crippen molar-refractivity contribution >= 4 is 5.69 Å². The van der Waals surface area contributed by atoms with Crippen LogP contribution in [-0.4, -0.2) is 52.2 Å². The summed E-state index contributed by atoms with van der Waals surface area (Å²) in [6.45, 7) is 10.4. The zero-order valence-corrected chi connectivity index (χ0v) is 13.2. The highest BCUT2D eigenvalue weighted by atomic mass is 16.3. The fourth-order valence-electron chi connectivity index (χ4n) is 2.69. The maximum atomic E-state index is 9.61. The van der Waals surface area contributed by atoms with E-state index >= 15 is 0 Å². The topological polar surface area (TPSA) is 52.5 Å². The molecule has 1 N–H and O–H groups in total. The molecule has 5 nitrogen and oxygen atoms in total. The Labute approximate surface area is 121 Å². The van der Waals surface area contributed by atoms with Gasteiger partial charge in [0.25, 0.3) is 0 Å². The summed E-state index contributed by atoms with van der Waals surface area (Å²) in [7, 11) is 2.16. The first-order valence-electron chi connectivity index (χ1n) is 7.37. The lowest BCUT2D eigenvalue weighted by Crippen LogP contribution is -2.55. The number of anilines is 1. The van der Waals surface area contributed by atoms with E-state index in [4.69, 9.17) is 0 Å². The van der Waals surface area contributed by atoms with Crippen molar-refractivity contribution in [2.24, 2.45) is 0 Å². The van der Waals surface area contributed by atoms with Gasteiger partial charge in [-0.1, -0.05) is 13.8 Å². The monoisotopic (exact) mass is 278 g/mol. The van der Waals surface area contributed by atoms with Gasteiger partial charge in [0.05, 0.1) is 24.2 Å². The largest absolute Gasteiger partial charge is 0.390 e. The predicted octanol–water partition coefficient (Wildman–Crippen LogP) is 1.62. The van der Waals surface area contributed by atoms with Crippen LogP contribution < -0.4 is 4.90 Å². The summed E-state index contributed by atoms with van der Waals surface area (Å²) in [5.41, 5.74) is 1.72. The maximum Gasteiger partial charge on any atom is 0.131 e. The van der Waals surface area contributed by atoms with Crippen LogP contribution in [0.25, 0.3) is 0 Å². The van der Waals surface area contributed by atoms with Crippen molar-refractivity contribution in [3.05, 3.63) is 17.7 Å². The van der Waals surface area contributed by atoms with Gasteiger partial charge in [0.1, 0.15) is 5.82 Å². The quantitative estimate of drug-likeness (QED) is 0.910. The lowest BCUT2D eigenvalue weighted by atomic mass is 10.1. The minimum absolute atomic E-state index is 0.0350. The van der Waals surface area contributed by atoms with Crippen molar-refractivity contribution < 1.29 is 5.11 Å². The van der Waals surface area contributed by atoms with E-state index in [1.54, 1.807) is 0 Å². The third-order valence-corrected chi connectivity index (χ3v) is 4.23. The summed E-state index contributed by atoms with van der Waals surface area (Å²) in [4.78, 5) is 13.7. The van der Waals surface area contributed by atoms with E-state index in [1.165, 1.54) is 0 Å². The van der Waals surface area contributed by atoms with Crippen LogP contribution in [0, 0.1) is 0 Å². The lowest BCUT2D eigenvalue weighted by molar-refractivity contribution is 0.169. The van der Waals surface area contributed by atoms with Gasteiger partial charge >= 0.3 is 0 Å². The molecule has 0 saturated carbocycles. The highest BCUT2D eigenvalue weighted by Crippen LogP contribution is 2.25. The second kappa shape index (κ2) is 6.06. The molecule has 2 rings (SSSR count). The van der Waals surface area contributed by atoms with Crippen molar-refractivity contribution in [1.29, 1.82) is 0 Å². The van der Waals surface area contributed by atoms with E-state index in [2.05, 4.69) is 54.5 Å². The Bertz CT molecular complexity index is 451. The number of rotatable bonds is 3. The number of aromatic nitrogens is 2. The molecule has 1 saturated heterocycles. The smallest absolute Gasteiger partial charge is 0.131 e. The third kappa shape index (κ3) is 2.94. The average Bonchev–Trinajstić information content (AvgIpc) is 2.43. The first kappa shape index (κ1) is 15.2. The molecule has 1 aliphatic rings. The van der Waals surface area contributed by atoms with Crippen LogP contribution in [0.15, 0.2) is 6.20 Å². The first-order valence-corrected chi connectivity index (χ1v) is 7.37. The van der Waals surface area contributed by atoms with E-state index < -0.39 is 0 Å². The Morgan fingerprint density at radius 1 is 1.30 bits per heavy atom. The molecule has 5 heteroatoms. The van der Waals surface area contributed by atoms with Crippen LogP contribution in [0.5, 0.6) is 0 Å². The van der Waals surface area contributed by atoms with Crippen molar-refractivity contribution in [3.63, 3.8) is 0 Å². The molecular weight excluding hydrogens is 252 g/mol. The molecule has 2 atom stereocenters. The molecule has 1 fully saturated rings. The third-order valence-electron chi connectivity index (χ3n) is 4.23. The molecule has 1 aliphatic heterocycles. The fraction of sp³-hybridized carbons (Fsp3) is 0.733. The molecule has 1 aromatic heterocycles. The minimum atomic E-state index is -0.0350. The summed E-state index contributed by atoms with van der Waals surface area (Å²) in [5.74, 6) is 1.08. The Hall–Kier alpha value is -1.20. The zero-order chi connectivity index (χ0) is 14.9. The molecule has 0 bridgehead atoms. The lowest BCUT2D eigenvalue weighted by Gasteiger charge is -2.43. The van der Waals surface area contributed by atoms with Crippen LogP contribution in [0.3, 0.4) is 0 Å². The average molecular weight is 278 g/mol. The highest BCUT2D eigenvalue weighted by molar-refractivity contribution is 5.50. The minimum Gasteiger partial charge on any atom is -0.390 e.